The van der Waals surface area contributed by atoms with Gasteiger partial charge in [-0.1, -0.05) is 0 Å². The summed E-state index contributed by atoms with van der Waals surface area (Å²) in [4.78, 5) is 7.09. The van der Waals surface area contributed by atoms with Crippen LogP contribution < -0.4 is 5.32 Å². The monoisotopic (exact) mass is 336 g/mol. The van der Waals surface area contributed by atoms with E-state index in [1.54, 1.807) is 4.52 Å². The fraction of sp³-hybridized carbons (Fsp3) is 0.231. The molecule has 0 amide bonds. The molecule has 0 aromatic carbocycles. The smallest absolute Gasteiger partial charge is 0.243 e. The average Bonchev–Trinajstić information content (AvgIpc) is 2.90. The van der Waals surface area contributed by atoms with Gasteiger partial charge < -0.3 is 5.32 Å². The summed E-state index contributed by atoms with van der Waals surface area (Å²) in [6.07, 6.45) is 1.90. The standard InChI is InChI=1S/C13H13BrN4S/c1-8-5-11(19-9(8)2)6-15-13-16-12-4-3-10(14)7-18(12)17-13/h3-5,7H,6H2,1-2H3,(H,15,17). The van der Waals surface area contributed by atoms with Crippen molar-refractivity contribution < 1.29 is 0 Å². The number of nitrogens with zero attached hydrogens (tertiary/aromatic N) is 3. The molecule has 0 aliphatic rings. The summed E-state index contributed by atoms with van der Waals surface area (Å²) in [6, 6.07) is 6.10. The lowest BCUT2D eigenvalue weighted by atomic mass is 10.3. The third-order valence-corrected chi connectivity index (χ3v) is 4.55. The maximum absolute atomic E-state index is 4.42. The SMILES string of the molecule is Cc1cc(CNc2nc3ccc(Br)cn3n2)sc1C. The zero-order valence-corrected chi connectivity index (χ0v) is 13.0. The van der Waals surface area contributed by atoms with Crippen LogP contribution in [-0.2, 0) is 6.54 Å². The Balaban J connectivity index is 1.78. The van der Waals surface area contributed by atoms with Gasteiger partial charge in [0.15, 0.2) is 5.65 Å². The van der Waals surface area contributed by atoms with Crippen LogP contribution in [0.15, 0.2) is 28.9 Å². The molecule has 0 radical (unpaired) electrons. The lowest BCUT2D eigenvalue weighted by molar-refractivity contribution is 0.948. The number of halogens is 1. The minimum absolute atomic E-state index is 0.654. The predicted octanol–water partition coefficient (Wildman–Crippen LogP) is 3.78. The number of rotatable bonds is 3. The van der Waals surface area contributed by atoms with Crippen LogP contribution in [0.4, 0.5) is 5.95 Å². The summed E-state index contributed by atoms with van der Waals surface area (Å²) >= 11 is 5.23. The van der Waals surface area contributed by atoms with Crippen LogP contribution in [0.1, 0.15) is 15.3 Å². The normalized spacial score (nSPS) is 11.1. The fourth-order valence-corrected chi connectivity index (χ4v) is 3.16. The van der Waals surface area contributed by atoms with E-state index in [4.69, 9.17) is 0 Å². The Bertz CT molecular complexity index is 712. The third-order valence-electron chi connectivity index (χ3n) is 2.93. The number of hydrogen-bond donors (Lipinski definition) is 1. The Morgan fingerprint density at radius 2 is 2.21 bits per heavy atom. The quantitative estimate of drug-likeness (QED) is 0.791. The molecule has 6 heteroatoms. The van der Waals surface area contributed by atoms with Gasteiger partial charge in [0.25, 0.3) is 0 Å². The number of anilines is 1. The number of hydrogen-bond acceptors (Lipinski definition) is 4. The number of aryl methyl sites for hydroxylation is 2. The highest BCUT2D eigenvalue weighted by Crippen LogP contribution is 2.21. The molecule has 19 heavy (non-hydrogen) atoms. The summed E-state index contributed by atoms with van der Waals surface area (Å²) in [5.74, 6) is 0.654. The van der Waals surface area contributed by atoms with Gasteiger partial charge in [0.05, 0.1) is 6.54 Å². The van der Waals surface area contributed by atoms with Crippen LogP contribution in [0.25, 0.3) is 5.65 Å². The van der Waals surface area contributed by atoms with Crippen molar-refractivity contribution in [2.75, 3.05) is 5.32 Å². The van der Waals surface area contributed by atoms with Crippen molar-refractivity contribution in [1.29, 1.82) is 0 Å². The average molecular weight is 337 g/mol. The highest BCUT2D eigenvalue weighted by Gasteiger charge is 2.05. The van der Waals surface area contributed by atoms with E-state index in [2.05, 4.69) is 51.2 Å². The van der Waals surface area contributed by atoms with Gasteiger partial charge in [-0.25, -0.2) is 4.52 Å². The van der Waals surface area contributed by atoms with Gasteiger partial charge in [0, 0.05) is 20.4 Å². The summed E-state index contributed by atoms with van der Waals surface area (Å²) in [7, 11) is 0. The van der Waals surface area contributed by atoms with Crippen molar-refractivity contribution in [3.63, 3.8) is 0 Å². The van der Waals surface area contributed by atoms with Crippen molar-refractivity contribution in [2.45, 2.75) is 20.4 Å². The van der Waals surface area contributed by atoms with Gasteiger partial charge in [0.1, 0.15) is 0 Å². The Hall–Kier alpha value is -1.40. The molecule has 0 saturated carbocycles. The van der Waals surface area contributed by atoms with E-state index in [1.165, 1.54) is 15.3 Å². The first-order chi connectivity index (χ1) is 9.11. The van der Waals surface area contributed by atoms with E-state index in [-0.39, 0.29) is 0 Å². The molecule has 0 aliphatic carbocycles. The molecule has 0 bridgehead atoms. The molecular weight excluding hydrogens is 324 g/mol. The maximum Gasteiger partial charge on any atom is 0.243 e. The summed E-state index contributed by atoms with van der Waals surface area (Å²) < 4.78 is 2.75. The molecule has 0 unspecified atom stereocenters. The molecule has 0 aliphatic heterocycles. The van der Waals surface area contributed by atoms with Crippen LogP contribution in [0.2, 0.25) is 0 Å². The van der Waals surface area contributed by atoms with Gasteiger partial charge in [-0.3, -0.25) is 0 Å². The minimum Gasteiger partial charge on any atom is -0.348 e. The molecule has 0 saturated heterocycles. The van der Waals surface area contributed by atoms with Crippen LogP contribution in [0.3, 0.4) is 0 Å². The van der Waals surface area contributed by atoms with Crippen LogP contribution in [-0.4, -0.2) is 14.6 Å². The van der Waals surface area contributed by atoms with Crippen molar-refractivity contribution >= 4 is 38.9 Å². The Morgan fingerprint density at radius 1 is 1.37 bits per heavy atom. The highest BCUT2D eigenvalue weighted by molar-refractivity contribution is 9.10. The Labute approximate surface area is 123 Å². The summed E-state index contributed by atoms with van der Waals surface area (Å²) in [5.41, 5.74) is 2.18. The predicted molar refractivity (Wildman–Crippen MR) is 81.8 cm³/mol. The van der Waals surface area contributed by atoms with E-state index in [0.29, 0.717) is 5.95 Å². The van der Waals surface area contributed by atoms with E-state index in [0.717, 1.165) is 16.7 Å². The molecule has 3 rings (SSSR count). The number of aromatic nitrogens is 3. The second-order valence-corrected chi connectivity index (χ2v) is 6.65. The van der Waals surface area contributed by atoms with Crippen molar-refractivity contribution in [3.8, 4) is 0 Å². The van der Waals surface area contributed by atoms with Crippen molar-refractivity contribution in [1.82, 2.24) is 14.6 Å². The summed E-state index contributed by atoms with van der Waals surface area (Å²) in [6.45, 7) is 5.04. The molecule has 0 atom stereocenters. The largest absolute Gasteiger partial charge is 0.348 e. The molecule has 0 fully saturated rings. The summed E-state index contributed by atoms with van der Waals surface area (Å²) in [5, 5.41) is 7.65. The zero-order valence-electron chi connectivity index (χ0n) is 10.6. The van der Waals surface area contributed by atoms with Crippen LogP contribution in [0.5, 0.6) is 0 Å². The molecule has 3 aromatic rings. The number of pyridine rings is 1. The fourth-order valence-electron chi connectivity index (χ4n) is 1.84. The lowest BCUT2D eigenvalue weighted by Gasteiger charge is -1.97. The van der Waals surface area contributed by atoms with Gasteiger partial charge >= 0.3 is 0 Å². The van der Waals surface area contributed by atoms with Gasteiger partial charge in [-0.15, -0.1) is 16.4 Å². The van der Waals surface area contributed by atoms with Gasteiger partial charge in [-0.2, -0.15) is 4.98 Å². The third kappa shape index (κ3) is 2.64. The van der Waals surface area contributed by atoms with E-state index < -0.39 is 0 Å². The maximum atomic E-state index is 4.42. The Morgan fingerprint density at radius 3 is 2.95 bits per heavy atom. The second-order valence-electron chi connectivity index (χ2n) is 4.39. The second kappa shape index (κ2) is 4.94. The topological polar surface area (TPSA) is 42.2 Å². The molecule has 3 aromatic heterocycles. The van der Waals surface area contributed by atoms with E-state index in [1.807, 2.05) is 29.7 Å². The van der Waals surface area contributed by atoms with Gasteiger partial charge in [-0.05, 0) is 53.5 Å². The molecule has 98 valence electrons. The van der Waals surface area contributed by atoms with Crippen molar-refractivity contribution in [3.05, 3.63) is 44.2 Å². The van der Waals surface area contributed by atoms with Crippen LogP contribution in [0, 0.1) is 13.8 Å². The molecular formula is C13H13BrN4S. The minimum atomic E-state index is 0.654. The first-order valence-corrected chi connectivity index (χ1v) is 7.54. The van der Waals surface area contributed by atoms with E-state index in [9.17, 15) is 0 Å². The molecule has 3 heterocycles. The highest BCUT2D eigenvalue weighted by atomic mass is 79.9. The molecule has 0 spiro atoms. The Kier molecular flexibility index (Phi) is 3.28. The first-order valence-electron chi connectivity index (χ1n) is 5.93. The van der Waals surface area contributed by atoms with E-state index >= 15 is 0 Å². The molecule has 4 nitrogen and oxygen atoms in total. The molecule has 1 N–H and O–H groups in total. The zero-order chi connectivity index (χ0) is 13.4. The van der Waals surface area contributed by atoms with Crippen molar-refractivity contribution in [2.24, 2.45) is 0 Å². The number of fused-ring (bicyclic) bond motifs is 1. The number of nitrogens with one attached hydrogen (secondary N) is 1. The first kappa shape index (κ1) is 12.6. The van der Waals surface area contributed by atoms with Gasteiger partial charge in [0.2, 0.25) is 5.95 Å². The van der Waals surface area contributed by atoms with Crippen LogP contribution >= 0.6 is 27.3 Å². The lowest BCUT2D eigenvalue weighted by Crippen LogP contribution is -1.99. The number of thiophene rings is 1.